The van der Waals surface area contributed by atoms with E-state index in [4.69, 9.17) is 0 Å². The number of halogens is 1. The molecule has 0 aliphatic carbocycles. The zero-order valence-electron chi connectivity index (χ0n) is 17.0. The van der Waals surface area contributed by atoms with Crippen LogP contribution in [0.1, 0.15) is 25.0 Å². The highest BCUT2D eigenvalue weighted by Gasteiger charge is 2.16. The van der Waals surface area contributed by atoms with Crippen molar-refractivity contribution in [1.29, 1.82) is 10.5 Å². The lowest BCUT2D eigenvalue weighted by Gasteiger charge is -2.09. The molecule has 5 nitrogen and oxygen atoms in total. The van der Waals surface area contributed by atoms with Crippen LogP contribution in [-0.2, 0) is 0 Å². The largest absolute Gasteiger partial charge is 0.208 e. The van der Waals surface area contributed by atoms with Crippen LogP contribution in [0.15, 0.2) is 72.8 Å². The Hall–Kier alpha value is -4.42. The van der Waals surface area contributed by atoms with Crippen molar-refractivity contribution in [2.24, 2.45) is 0 Å². The molecule has 0 bridgehead atoms. The summed E-state index contributed by atoms with van der Waals surface area (Å²) in [7, 11) is 0. The number of rotatable bonds is 3. The summed E-state index contributed by atoms with van der Waals surface area (Å²) in [4.78, 5) is 13.6. The summed E-state index contributed by atoms with van der Waals surface area (Å²) in [5.41, 5.74) is 1.48. The van der Waals surface area contributed by atoms with Crippen LogP contribution in [0.5, 0.6) is 0 Å². The number of hydrogen-bond donors (Lipinski definition) is 0. The number of nitrogens with zero attached hydrogens (tertiary/aromatic N) is 5. The minimum absolute atomic E-state index is 0.234. The minimum Gasteiger partial charge on any atom is -0.208 e. The van der Waals surface area contributed by atoms with Gasteiger partial charge < -0.3 is 0 Å². The van der Waals surface area contributed by atoms with E-state index in [9.17, 15) is 14.9 Å². The molecule has 6 heteroatoms. The van der Waals surface area contributed by atoms with Gasteiger partial charge in [0.25, 0.3) is 0 Å². The molecule has 0 saturated heterocycles. The maximum Gasteiger partial charge on any atom is 0.164 e. The van der Waals surface area contributed by atoms with Crippen molar-refractivity contribution in [3.8, 4) is 46.3 Å². The van der Waals surface area contributed by atoms with Gasteiger partial charge in [-0.25, -0.2) is 19.3 Å². The number of aromatic nitrogens is 3. The summed E-state index contributed by atoms with van der Waals surface area (Å²) in [6.07, 6.45) is 0. The lowest BCUT2D eigenvalue weighted by atomic mass is 10.0. The molecule has 31 heavy (non-hydrogen) atoms. The molecular formula is C25H18FN5. The molecule has 0 fully saturated rings. The van der Waals surface area contributed by atoms with Crippen LogP contribution < -0.4 is 0 Å². The van der Waals surface area contributed by atoms with Gasteiger partial charge in [-0.2, -0.15) is 10.5 Å². The molecule has 1 heterocycles. The van der Waals surface area contributed by atoms with Gasteiger partial charge in [0.1, 0.15) is 12.1 Å². The Morgan fingerprint density at radius 1 is 0.613 bits per heavy atom. The normalized spacial score (nSPS) is 9.71. The summed E-state index contributed by atoms with van der Waals surface area (Å²) in [5.74, 6) is 0.289. The van der Waals surface area contributed by atoms with Crippen LogP contribution >= 0.6 is 0 Å². The third kappa shape index (κ3) is 4.60. The number of hydrogen-bond acceptors (Lipinski definition) is 5. The smallest absolute Gasteiger partial charge is 0.164 e. The molecular weight excluding hydrogens is 389 g/mol. The molecule has 0 spiro atoms. The third-order valence-electron chi connectivity index (χ3n) is 4.27. The van der Waals surface area contributed by atoms with Gasteiger partial charge in [0.05, 0.1) is 11.1 Å². The van der Waals surface area contributed by atoms with Crippen molar-refractivity contribution in [3.05, 3.63) is 89.7 Å². The van der Waals surface area contributed by atoms with Crippen molar-refractivity contribution >= 4 is 0 Å². The zero-order chi connectivity index (χ0) is 22.2. The van der Waals surface area contributed by atoms with Crippen LogP contribution in [0.4, 0.5) is 4.39 Å². The van der Waals surface area contributed by atoms with E-state index < -0.39 is 5.82 Å². The first kappa shape index (κ1) is 21.3. The summed E-state index contributed by atoms with van der Waals surface area (Å²) in [5, 5.41) is 18.4. The minimum atomic E-state index is -0.848. The van der Waals surface area contributed by atoms with Crippen LogP contribution in [0.25, 0.3) is 34.2 Å². The Morgan fingerprint density at radius 3 is 1.32 bits per heavy atom. The molecule has 0 radical (unpaired) electrons. The molecule has 150 valence electrons. The number of benzene rings is 3. The molecule has 0 aliphatic rings. The van der Waals surface area contributed by atoms with Gasteiger partial charge >= 0.3 is 0 Å². The fourth-order valence-electron chi connectivity index (χ4n) is 2.85. The quantitative estimate of drug-likeness (QED) is 0.429. The molecule has 4 aromatic rings. The second-order valence-electron chi connectivity index (χ2n) is 6.15. The van der Waals surface area contributed by atoms with Gasteiger partial charge in [0.2, 0.25) is 0 Å². The molecule has 1 aromatic heterocycles. The molecule has 0 N–H and O–H groups in total. The van der Waals surface area contributed by atoms with Gasteiger partial charge in [-0.3, -0.25) is 0 Å². The molecule has 0 unspecified atom stereocenters. The number of nitriles is 2. The van der Waals surface area contributed by atoms with Gasteiger partial charge in [-0.05, 0) is 12.1 Å². The molecule has 3 aromatic carbocycles. The van der Waals surface area contributed by atoms with Crippen molar-refractivity contribution in [3.63, 3.8) is 0 Å². The second kappa shape index (κ2) is 9.87. The SMILES string of the molecule is CC.N#Cc1cc(-c2nc(-c3ccccc3)nc(-c3ccccc3)n2)cc(C#N)c1F. The lowest BCUT2D eigenvalue weighted by molar-refractivity contribution is 0.620. The third-order valence-corrected chi connectivity index (χ3v) is 4.27. The molecule has 0 aliphatic heterocycles. The van der Waals surface area contributed by atoms with E-state index in [0.717, 1.165) is 11.1 Å². The average molecular weight is 407 g/mol. The van der Waals surface area contributed by atoms with Crippen LogP contribution in [-0.4, -0.2) is 15.0 Å². The second-order valence-corrected chi connectivity index (χ2v) is 6.15. The highest BCUT2D eigenvalue weighted by Crippen LogP contribution is 2.27. The summed E-state index contributed by atoms with van der Waals surface area (Å²) in [6, 6.07) is 25.0. The Balaban J connectivity index is 0.00000132. The first-order chi connectivity index (χ1) is 15.2. The van der Waals surface area contributed by atoms with Crippen LogP contribution in [0, 0.1) is 28.5 Å². The lowest BCUT2D eigenvalue weighted by Crippen LogP contribution is -2.01. The fourth-order valence-corrected chi connectivity index (χ4v) is 2.85. The molecule has 0 atom stereocenters. The zero-order valence-corrected chi connectivity index (χ0v) is 17.0. The van der Waals surface area contributed by atoms with Gasteiger partial charge in [-0.1, -0.05) is 74.5 Å². The van der Waals surface area contributed by atoms with Crippen LogP contribution in [0.3, 0.4) is 0 Å². The maximum atomic E-state index is 14.2. The van der Waals surface area contributed by atoms with E-state index in [1.807, 2.05) is 74.5 Å². The first-order valence-corrected chi connectivity index (χ1v) is 9.70. The highest BCUT2D eigenvalue weighted by molar-refractivity contribution is 5.68. The van der Waals surface area contributed by atoms with Crippen molar-refractivity contribution < 1.29 is 4.39 Å². The van der Waals surface area contributed by atoms with E-state index in [-0.39, 0.29) is 17.0 Å². The molecule has 0 amide bonds. The van der Waals surface area contributed by atoms with E-state index in [1.54, 1.807) is 12.1 Å². The highest BCUT2D eigenvalue weighted by atomic mass is 19.1. The first-order valence-electron chi connectivity index (χ1n) is 9.70. The van der Waals surface area contributed by atoms with Crippen LogP contribution in [0.2, 0.25) is 0 Å². The van der Waals surface area contributed by atoms with Crippen molar-refractivity contribution in [2.75, 3.05) is 0 Å². The fraction of sp³-hybridized carbons (Fsp3) is 0.0800. The Bertz CT molecular complexity index is 1180. The maximum absolute atomic E-state index is 14.2. The predicted octanol–water partition coefficient (Wildman–Crippen LogP) is 5.78. The van der Waals surface area contributed by atoms with E-state index in [2.05, 4.69) is 15.0 Å². The monoisotopic (exact) mass is 407 g/mol. The summed E-state index contributed by atoms with van der Waals surface area (Å²) in [6.45, 7) is 4.00. The van der Waals surface area contributed by atoms with Gasteiger partial charge in [0, 0.05) is 16.7 Å². The van der Waals surface area contributed by atoms with E-state index in [0.29, 0.717) is 17.2 Å². The van der Waals surface area contributed by atoms with Crippen molar-refractivity contribution in [1.82, 2.24) is 15.0 Å². The van der Waals surface area contributed by atoms with E-state index >= 15 is 0 Å². The summed E-state index contributed by atoms with van der Waals surface area (Å²) >= 11 is 0. The van der Waals surface area contributed by atoms with E-state index in [1.165, 1.54) is 12.1 Å². The van der Waals surface area contributed by atoms with Crippen molar-refractivity contribution in [2.45, 2.75) is 13.8 Å². The Labute approximate surface area is 180 Å². The standard InChI is InChI=1S/C23H12FN5.C2H6/c24-20-18(13-25)11-17(12-19(20)14-26)23-28-21(15-7-3-1-4-8-15)27-22(29-23)16-9-5-2-6-10-16;1-2/h1-12H;1-2H3. The average Bonchev–Trinajstić information content (AvgIpc) is 2.86. The summed E-state index contributed by atoms with van der Waals surface area (Å²) < 4.78 is 14.2. The molecule has 0 saturated carbocycles. The topological polar surface area (TPSA) is 86.2 Å². The molecule has 4 rings (SSSR count). The predicted molar refractivity (Wildman–Crippen MR) is 117 cm³/mol. The van der Waals surface area contributed by atoms with Gasteiger partial charge in [-0.15, -0.1) is 0 Å². The Morgan fingerprint density at radius 2 is 0.968 bits per heavy atom. The Kier molecular flexibility index (Phi) is 6.78. The van der Waals surface area contributed by atoms with Gasteiger partial charge in [0.15, 0.2) is 23.3 Å².